The van der Waals surface area contributed by atoms with Crippen molar-refractivity contribution in [2.45, 2.75) is 31.5 Å². The van der Waals surface area contributed by atoms with E-state index in [1.54, 1.807) is 12.1 Å². The zero-order chi connectivity index (χ0) is 15.5. The van der Waals surface area contributed by atoms with Crippen LogP contribution in [-0.4, -0.2) is 29.8 Å². The fourth-order valence-corrected chi connectivity index (χ4v) is 2.41. The number of aliphatic hydroxyl groups excluding tert-OH is 1. The minimum absolute atomic E-state index is 0.204. The van der Waals surface area contributed by atoms with Crippen molar-refractivity contribution in [3.8, 4) is 0 Å². The number of rotatable bonds is 4. The predicted molar refractivity (Wildman–Crippen MR) is 73.0 cm³/mol. The molecule has 3 N–H and O–H groups in total. The van der Waals surface area contributed by atoms with Gasteiger partial charge >= 0.3 is 6.18 Å². The molecule has 1 aliphatic rings. The first-order chi connectivity index (χ1) is 9.87. The number of hydrogen-bond donors (Lipinski definition) is 3. The first-order valence-electron chi connectivity index (χ1n) is 6.75. The van der Waals surface area contributed by atoms with Crippen LogP contribution in [0.3, 0.4) is 0 Å². The first-order valence-corrected chi connectivity index (χ1v) is 6.75. The van der Waals surface area contributed by atoms with Crippen LogP contribution in [0.5, 0.6) is 0 Å². The molecule has 0 radical (unpaired) electrons. The number of carbonyl (C=O) groups excluding carboxylic acids is 1. The fourth-order valence-electron chi connectivity index (χ4n) is 2.41. The lowest BCUT2D eigenvalue weighted by Crippen LogP contribution is -2.29. The molecule has 21 heavy (non-hydrogen) atoms. The third kappa shape index (κ3) is 4.35. The molecule has 0 spiro atoms. The smallest absolute Gasteiger partial charge is 0.392 e. The Morgan fingerprint density at radius 3 is 2.48 bits per heavy atom. The van der Waals surface area contributed by atoms with Gasteiger partial charge in [0.05, 0.1) is 23.4 Å². The van der Waals surface area contributed by atoms with Gasteiger partial charge in [-0.3, -0.25) is 4.79 Å². The Morgan fingerprint density at radius 1 is 1.24 bits per heavy atom. The van der Waals surface area contributed by atoms with Crippen LogP contribution >= 0.6 is 0 Å². The average molecular weight is 302 g/mol. The van der Waals surface area contributed by atoms with Crippen LogP contribution in [0.1, 0.15) is 19.3 Å². The molecular formula is C14H17F3N2O2. The molecule has 0 aliphatic heterocycles. The van der Waals surface area contributed by atoms with E-state index in [0.717, 1.165) is 6.42 Å². The third-order valence-corrected chi connectivity index (χ3v) is 3.48. The topological polar surface area (TPSA) is 61.4 Å². The molecule has 4 nitrogen and oxygen atoms in total. The minimum Gasteiger partial charge on any atom is -0.392 e. The summed E-state index contributed by atoms with van der Waals surface area (Å²) < 4.78 is 36.7. The van der Waals surface area contributed by atoms with Gasteiger partial charge in [0.25, 0.3) is 0 Å². The average Bonchev–Trinajstić information content (AvgIpc) is 2.83. The molecule has 1 aromatic carbocycles. The summed E-state index contributed by atoms with van der Waals surface area (Å²) in [6, 6.07) is 6.20. The Labute approximate surface area is 120 Å². The Hall–Kier alpha value is -1.76. The van der Waals surface area contributed by atoms with E-state index in [9.17, 15) is 23.1 Å². The van der Waals surface area contributed by atoms with E-state index in [2.05, 4.69) is 10.6 Å². The van der Waals surface area contributed by atoms with Crippen molar-refractivity contribution >= 4 is 17.3 Å². The fraction of sp³-hybridized carbons (Fsp3) is 0.500. The number of amides is 1. The van der Waals surface area contributed by atoms with Crippen LogP contribution in [-0.2, 0) is 4.79 Å². The Morgan fingerprint density at radius 2 is 1.90 bits per heavy atom. The maximum atomic E-state index is 12.2. The molecule has 0 heterocycles. The van der Waals surface area contributed by atoms with Gasteiger partial charge < -0.3 is 15.7 Å². The minimum atomic E-state index is -4.33. The van der Waals surface area contributed by atoms with Gasteiger partial charge in [0.2, 0.25) is 5.91 Å². The zero-order valence-corrected chi connectivity index (χ0v) is 11.3. The highest BCUT2D eigenvalue weighted by atomic mass is 19.4. The van der Waals surface area contributed by atoms with E-state index in [1.165, 1.54) is 12.1 Å². The molecular weight excluding hydrogens is 285 g/mol. The number of nitrogens with one attached hydrogen (secondary N) is 2. The quantitative estimate of drug-likeness (QED) is 0.801. The monoisotopic (exact) mass is 302 g/mol. The van der Waals surface area contributed by atoms with Crippen molar-refractivity contribution in [3.05, 3.63) is 24.3 Å². The van der Waals surface area contributed by atoms with Gasteiger partial charge in [0.1, 0.15) is 6.54 Å². The summed E-state index contributed by atoms with van der Waals surface area (Å²) in [4.78, 5) is 12.1. The molecule has 2 rings (SSSR count). The number of anilines is 2. The number of para-hydroxylation sites is 2. The summed E-state index contributed by atoms with van der Waals surface area (Å²) in [5.41, 5.74) is 0.488. The standard InChI is InChI=1S/C14H17F3N2O2/c15-14(16,17)8-18-10-5-1-2-6-11(10)19-13(21)9-4-3-7-12(9)20/h1-2,5-6,9,12,18,20H,3-4,7-8H2,(H,19,21). The number of alkyl halides is 3. The Bertz CT molecular complexity index is 505. The lowest BCUT2D eigenvalue weighted by molar-refractivity contribution is -0.122. The molecule has 1 saturated carbocycles. The van der Waals surface area contributed by atoms with Crippen molar-refractivity contribution in [1.82, 2.24) is 0 Å². The lowest BCUT2D eigenvalue weighted by atomic mass is 10.1. The van der Waals surface area contributed by atoms with Gasteiger partial charge in [0.15, 0.2) is 0 Å². The van der Waals surface area contributed by atoms with Crippen molar-refractivity contribution in [2.75, 3.05) is 17.2 Å². The van der Waals surface area contributed by atoms with Crippen LogP contribution in [0.2, 0.25) is 0 Å². The molecule has 1 aliphatic carbocycles. The molecule has 2 atom stereocenters. The van der Waals surface area contributed by atoms with Crippen molar-refractivity contribution in [3.63, 3.8) is 0 Å². The van der Waals surface area contributed by atoms with Crippen LogP contribution in [0.4, 0.5) is 24.5 Å². The highest BCUT2D eigenvalue weighted by Gasteiger charge is 2.32. The maximum Gasteiger partial charge on any atom is 0.405 e. The van der Waals surface area contributed by atoms with Crippen molar-refractivity contribution in [1.29, 1.82) is 0 Å². The van der Waals surface area contributed by atoms with Crippen LogP contribution in [0.15, 0.2) is 24.3 Å². The van der Waals surface area contributed by atoms with Crippen LogP contribution in [0, 0.1) is 5.92 Å². The summed E-state index contributed by atoms with van der Waals surface area (Å²) in [5.74, 6) is -0.859. The molecule has 0 bridgehead atoms. The maximum absolute atomic E-state index is 12.2. The predicted octanol–water partition coefficient (Wildman–Crippen LogP) is 2.76. The second-order valence-electron chi connectivity index (χ2n) is 5.11. The summed E-state index contributed by atoms with van der Waals surface area (Å²) in [5, 5.41) is 14.5. The van der Waals surface area contributed by atoms with E-state index in [1.807, 2.05) is 0 Å². The molecule has 0 saturated heterocycles. The molecule has 7 heteroatoms. The number of aliphatic hydroxyl groups is 1. The Kier molecular flexibility index (Phi) is 4.72. The number of halogens is 3. The summed E-state index contributed by atoms with van der Waals surface area (Å²) in [6.45, 7) is -1.17. The summed E-state index contributed by atoms with van der Waals surface area (Å²) in [7, 11) is 0. The molecule has 1 fully saturated rings. The second-order valence-corrected chi connectivity index (χ2v) is 5.11. The zero-order valence-electron chi connectivity index (χ0n) is 11.3. The van der Waals surface area contributed by atoms with Gasteiger partial charge in [-0.25, -0.2) is 0 Å². The summed E-state index contributed by atoms with van der Waals surface area (Å²) in [6.07, 6.45) is -3.08. The van der Waals surface area contributed by atoms with Crippen LogP contribution in [0.25, 0.3) is 0 Å². The first kappa shape index (κ1) is 15.6. The second kappa shape index (κ2) is 6.34. The van der Waals surface area contributed by atoms with Gasteiger partial charge in [-0.05, 0) is 31.4 Å². The van der Waals surface area contributed by atoms with Gasteiger partial charge in [-0.15, -0.1) is 0 Å². The summed E-state index contributed by atoms with van der Waals surface area (Å²) >= 11 is 0. The molecule has 116 valence electrons. The SMILES string of the molecule is O=C(Nc1ccccc1NCC(F)(F)F)C1CCCC1O. The van der Waals surface area contributed by atoms with Crippen LogP contribution < -0.4 is 10.6 Å². The van der Waals surface area contributed by atoms with E-state index >= 15 is 0 Å². The number of benzene rings is 1. The van der Waals surface area contributed by atoms with Crippen molar-refractivity contribution < 1.29 is 23.1 Å². The number of carbonyl (C=O) groups is 1. The van der Waals surface area contributed by atoms with E-state index in [4.69, 9.17) is 0 Å². The number of hydrogen-bond acceptors (Lipinski definition) is 3. The largest absolute Gasteiger partial charge is 0.405 e. The van der Waals surface area contributed by atoms with Gasteiger partial charge in [-0.1, -0.05) is 12.1 Å². The highest BCUT2D eigenvalue weighted by molar-refractivity contribution is 5.96. The van der Waals surface area contributed by atoms with E-state index in [-0.39, 0.29) is 17.3 Å². The molecule has 1 amide bonds. The van der Waals surface area contributed by atoms with Crippen molar-refractivity contribution in [2.24, 2.45) is 5.92 Å². The lowest BCUT2D eigenvalue weighted by Gasteiger charge is -2.17. The molecule has 1 aromatic rings. The van der Waals surface area contributed by atoms with E-state index in [0.29, 0.717) is 12.8 Å². The van der Waals surface area contributed by atoms with Gasteiger partial charge in [0, 0.05) is 0 Å². The molecule has 0 aromatic heterocycles. The normalized spacial score (nSPS) is 22.1. The highest BCUT2D eigenvalue weighted by Crippen LogP contribution is 2.29. The third-order valence-electron chi connectivity index (χ3n) is 3.48. The molecule has 2 unspecified atom stereocenters. The Balaban J connectivity index is 2.04. The van der Waals surface area contributed by atoms with Gasteiger partial charge in [-0.2, -0.15) is 13.2 Å². The van der Waals surface area contributed by atoms with E-state index < -0.39 is 24.7 Å².